The van der Waals surface area contributed by atoms with Crippen molar-refractivity contribution in [2.45, 2.75) is 6.92 Å². The second-order valence-corrected chi connectivity index (χ2v) is 2.63. The Morgan fingerprint density at radius 2 is 2.07 bits per heavy atom. The minimum absolute atomic E-state index is 0.216. The summed E-state index contributed by atoms with van der Waals surface area (Å²) in [6, 6.07) is 2.03. The van der Waals surface area contributed by atoms with Gasteiger partial charge in [-0.1, -0.05) is 0 Å². The first-order valence-corrected chi connectivity index (χ1v) is 4.29. The maximum absolute atomic E-state index is 12.6. The summed E-state index contributed by atoms with van der Waals surface area (Å²) >= 11 is 0. The Kier molecular flexibility index (Phi) is 3.91. The third kappa shape index (κ3) is 3.84. The highest BCUT2D eigenvalue weighted by molar-refractivity contribution is 5.86. The highest BCUT2D eigenvalue weighted by atomic mass is 19.1. The molecule has 0 aromatic carbocycles. The molecule has 0 fully saturated rings. The molecule has 0 bridgehead atoms. The van der Waals surface area contributed by atoms with Crippen LogP contribution in [-0.4, -0.2) is 17.6 Å². The summed E-state index contributed by atoms with van der Waals surface area (Å²) in [5.74, 6) is -2.42. The van der Waals surface area contributed by atoms with E-state index in [0.717, 1.165) is 18.2 Å². The van der Waals surface area contributed by atoms with Crippen LogP contribution >= 0.6 is 0 Å². The zero-order valence-electron chi connectivity index (χ0n) is 8.04. The summed E-state index contributed by atoms with van der Waals surface area (Å²) < 4.78 is 29.8. The fourth-order valence-electron chi connectivity index (χ4n) is 0.934. The average molecular weight is 213 g/mol. The summed E-state index contributed by atoms with van der Waals surface area (Å²) in [7, 11) is 0. The van der Waals surface area contributed by atoms with Gasteiger partial charge >= 0.3 is 5.97 Å². The Morgan fingerprint density at radius 1 is 1.47 bits per heavy atom. The molecule has 1 aromatic heterocycles. The lowest BCUT2D eigenvalue weighted by atomic mass is 10.2. The first-order valence-electron chi connectivity index (χ1n) is 4.29. The molecule has 3 nitrogen and oxygen atoms in total. The Labute approximate surface area is 85.4 Å². The molecule has 0 unspecified atom stereocenters. The largest absolute Gasteiger partial charge is 0.463 e. The molecule has 1 aromatic rings. The molecule has 0 aliphatic carbocycles. The van der Waals surface area contributed by atoms with Gasteiger partial charge in [-0.2, -0.15) is 13.8 Å². The Balaban J connectivity index is 2.76. The SMILES string of the molecule is CCOC(=O)C=Cc1cc(F)nc(F)c1. The number of rotatable bonds is 3. The topological polar surface area (TPSA) is 39.2 Å². The zero-order chi connectivity index (χ0) is 11.3. The Bertz CT molecular complexity index is 371. The van der Waals surface area contributed by atoms with Crippen LogP contribution < -0.4 is 0 Å². The molecule has 0 radical (unpaired) electrons. The molecule has 0 saturated heterocycles. The molecule has 1 heterocycles. The third-order valence-electron chi connectivity index (χ3n) is 1.48. The van der Waals surface area contributed by atoms with E-state index in [4.69, 9.17) is 0 Å². The van der Waals surface area contributed by atoms with E-state index < -0.39 is 17.9 Å². The number of hydrogen-bond donors (Lipinski definition) is 0. The van der Waals surface area contributed by atoms with Crippen LogP contribution in [0.15, 0.2) is 18.2 Å². The van der Waals surface area contributed by atoms with E-state index in [-0.39, 0.29) is 12.2 Å². The molecule has 0 aliphatic rings. The molecular weight excluding hydrogens is 204 g/mol. The highest BCUT2D eigenvalue weighted by Crippen LogP contribution is 2.06. The van der Waals surface area contributed by atoms with Gasteiger partial charge in [-0.25, -0.2) is 4.79 Å². The molecule has 0 aliphatic heterocycles. The first kappa shape index (κ1) is 11.3. The van der Waals surface area contributed by atoms with Crippen LogP contribution in [0.25, 0.3) is 6.08 Å². The number of carbonyl (C=O) groups is 1. The molecule has 15 heavy (non-hydrogen) atoms. The van der Waals surface area contributed by atoms with Gasteiger partial charge in [0.15, 0.2) is 0 Å². The number of nitrogens with zero attached hydrogens (tertiary/aromatic N) is 1. The summed E-state index contributed by atoms with van der Waals surface area (Å²) in [4.78, 5) is 13.8. The molecule has 80 valence electrons. The van der Waals surface area contributed by atoms with Gasteiger partial charge in [-0.05, 0) is 18.6 Å². The predicted molar refractivity (Wildman–Crippen MR) is 49.8 cm³/mol. The van der Waals surface area contributed by atoms with Crippen molar-refractivity contribution in [3.05, 3.63) is 35.7 Å². The Hall–Kier alpha value is -1.78. The van der Waals surface area contributed by atoms with Gasteiger partial charge in [0.05, 0.1) is 6.61 Å². The van der Waals surface area contributed by atoms with Crippen molar-refractivity contribution in [3.8, 4) is 0 Å². The maximum atomic E-state index is 12.6. The summed E-state index contributed by atoms with van der Waals surface area (Å²) in [6.45, 7) is 1.92. The minimum Gasteiger partial charge on any atom is -0.463 e. The van der Waals surface area contributed by atoms with E-state index in [1.807, 2.05) is 0 Å². The monoisotopic (exact) mass is 213 g/mol. The minimum atomic E-state index is -0.932. The molecule has 0 amide bonds. The van der Waals surface area contributed by atoms with Crippen LogP contribution in [0.5, 0.6) is 0 Å². The fourth-order valence-corrected chi connectivity index (χ4v) is 0.934. The van der Waals surface area contributed by atoms with E-state index in [2.05, 4.69) is 9.72 Å². The lowest BCUT2D eigenvalue weighted by molar-refractivity contribution is -0.137. The van der Waals surface area contributed by atoms with Crippen LogP contribution in [0.3, 0.4) is 0 Å². The number of ether oxygens (including phenoxy) is 1. The molecule has 0 N–H and O–H groups in total. The molecule has 5 heteroatoms. The lowest BCUT2D eigenvalue weighted by Gasteiger charge is -1.96. The Morgan fingerprint density at radius 3 is 2.60 bits per heavy atom. The van der Waals surface area contributed by atoms with Crippen LogP contribution in [0, 0.1) is 11.9 Å². The normalized spacial score (nSPS) is 10.6. The second-order valence-electron chi connectivity index (χ2n) is 2.63. The first-order chi connectivity index (χ1) is 7.11. The number of pyridine rings is 1. The van der Waals surface area contributed by atoms with Crippen LogP contribution in [0.4, 0.5) is 8.78 Å². The van der Waals surface area contributed by atoms with Gasteiger partial charge in [0.25, 0.3) is 0 Å². The predicted octanol–water partition coefficient (Wildman–Crippen LogP) is 1.94. The van der Waals surface area contributed by atoms with Crippen molar-refractivity contribution in [2.75, 3.05) is 6.61 Å². The van der Waals surface area contributed by atoms with Gasteiger partial charge in [0.1, 0.15) is 0 Å². The molecule has 0 saturated carbocycles. The number of halogens is 2. The maximum Gasteiger partial charge on any atom is 0.330 e. The van der Waals surface area contributed by atoms with Crippen LogP contribution in [0.1, 0.15) is 12.5 Å². The number of hydrogen-bond acceptors (Lipinski definition) is 3. The summed E-state index contributed by atoms with van der Waals surface area (Å²) in [6.07, 6.45) is 2.35. The smallest absolute Gasteiger partial charge is 0.330 e. The van der Waals surface area contributed by atoms with Crippen molar-refractivity contribution in [2.24, 2.45) is 0 Å². The number of aromatic nitrogens is 1. The van der Waals surface area contributed by atoms with E-state index >= 15 is 0 Å². The lowest BCUT2D eigenvalue weighted by Crippen LogP contribution is -1.98. The van der Waals surface area contributed by atoms with Crippen LogP contribution in [0.2, 0.25) is 0 Å². The van der Waals surface area contributed by atoms with Gasteiger partial charge in [0, 0.05) is 18.2 Å². The van der Waals surface area contributed by atoms with Crippen molar-refractivity contribution >= 4 is 12.0 Å². The van der Waals surface area contributed by atoms with Gasteiger partial charge in [-0.15, -0.1) is 0 Å². The standard InChI is InChI=1S/C10H9F2NO2/c1-2-15-10(14)4-3-7-5-8(11)13-9(12)6-7/h3-6H,2H2,1H3. The number of carbonyl (C=O) groups excluding carboxylic acids is 1. The van der Waals surface area contributed by atoms with Gasteiger partial charge in [0.2, 0.25) is 11.9 Å². The summed E-state index contributed by atoms with van der Waals surface area (Å²) in [5.41, 5.74) is 0.216. The molecule has 0 spiro atoms. The van der Waals surface area contributed by atoms with Crippen molar-refractivity contribution in [1.82, 2.24) is 4.98 Å². The average Bonchev–Trinajstić information content (AvgIpc) is 2.14. The van der Waals surface area contributed by atoms with E-state index in [0.29, 0.717) is 0 Å². The highest BCUT2D eigenvalue weighted by Gasteiger charge is 2.00. The van der Waals surface area contributed by atoms with E-state index in [9.17, 15) is 13.6 Å². The third-order valence-corrected chi connectivity index (χ3v) is 1.48. The molecule has 1 rings (SSSR count). The fraction of sp³-hybridized carbons (Fsp3) is 0.200. The zero-order valence-corrected chi connectivity index (χ0v) is 8.04. The van der Waals surface area contributed by atoms with Crippen molar-refractivity contribution < 1.29 is 18.3 Å². The quantitative estimate of drug-likeness (QED) is 0.437. The number of esters is 1. The van der Waals surface area contributed by atoms with E-state index in [1.165, 1.54) is 6.08 Å². The van der Waals surface area contributed by atoms with Crippen molar-refractivity contribution in [3.63, 3.8) is 0 Å². The molecular formula is C10H9F2NO2. The van der Waals surface area contributed by atoms with E-state index in [1.54, 1.807) is 6.92 Å². The van der Waals surface area contributed by atoms with Crippen molar-refractivity contribution in [1.29, 1.82) is 0 Å². The second kappa shape index (κ2) is 5.19. The van der Waals surface area contributed by atoms with Crippen LogP contribution in [-0.2, 0) is 9.53 Å². The molecule has 0 atom stereocenters. The summed E-state index contributed by atoms with van der Waals surface area (Å²) in [5, 5.41) is 0. The van der Waals surface area contributed by atoms with Gasteiger partial charge < -0.3 is 4.74 Å². The van der Waals surface area contributed by atoms with Gasteiger partial charge in [-0.3, -0.25) is 0 Å².